The fraction of sp³-hybridized carbons (Fsp3) is 0.200. The maximum Gasteiger partial charge on any atom is 0.241 e. The van der Waals surface area contributed by atoms with Crippen LogP contribution < -0.4 is 9.46 Å². The molecule has 0 fully saturated rings. The smallest absolute Gasteiger partial charge is 0.241 e. The summed E-state index contributed by atoms with van der Waals surface area (Å²) < 4.78 is 32.2. The summed E-state index contributed by atoms with van der Waals surface area (Å²) in [6.45, 7) is 0.0547. The van der Waals surface area contributed by atoms with Gasteiger partial charge in [0.25, 0.3) is 0 Å². The van der Waals surface area contributed by atoms with E-state index >= 15 is 0 Å². The Morgan fingerprint density at radius 3 is 2.38 bits per heavy atom. The van der Waals surface area contributed by atoms with E-state index in [2.05, 4.69) is 4.72 Å². The van der Waals surface area contributed by atoms with Crippen LogP contribution in [0.3, 0.4) is 0 Å². The molecule has 2 N–H and O–H groups in total. The van der Waals surface area contributed by atoms with E-state index in [0.29, 0.717) is 11.3 Å². The van der Waals surface area contributed by atoms with Crippen LogP contribution in [-0.4, -0.2) is 26.7 Å². The van der Waals surface area contributed by atoms with Gasteiger partial charge < -0.3 is 9.84 Å². The molecule has 0 saturated heterocycles. The number of hydrogen-bond acceptors (Lipinski definition) is 4. The Hall–Kier alpha value is -1.89. The first-order valence-corrected chi connectivity index (χ1v) is 7.98. The second kappa shape index (κ2) is 7.21. The summed E-state index contributed by atoms with van der Waals surface area (Å²) in [6, 6.07) is 15.5. The van der Waals surface area contributed by atoms with Crippen molar-refractivity contribution < 1.29 is 18.3 Å². The van der Waals surface area contributed by atoms with Crippen LogP contribution in [-0.2, 0) is 16.6 Å². The van der Waals surface area contributed by atoms with Gasteiger partial charge in [-0.2, -0.15) is 0 Å². The molecule has 112 valence electrons. The topological polar surface area (TPSA) is 75.6 Å². The number of sulfonamides is 1. The average molecular weight is 307 g/mol. The summed E-state index contributed by atoms with van der Waals surface area (Å²) in [5.74, 6) is 0.687. The molecule has 0 aliphatic carbocycles. The summed E-state index contributed by atoms with van der Waals surface area (Å²) in [7, 11) is -3.65. The zero-order valence-electron chi connectivity index (χ0n) is 11.4. The highest BCUT2D eigenvalue weighted by molar-refractivity contribution is 7.89. The number of rotatable bonds is 7. The standard InChI is InChI=1S/C15H17NO4S/c17-12-13-6-4-5-9-15(13)21(18,19)16-10-11-20-14-7-2-1-3-8-14/h1-9,16-17H,10-12H2. The molecule has 0 spiro atoms. The Kier molecular flexibility index (Phi) is 5.32. The molecular weight excluding hydrogens is 290 g/mol. The first kappa shape index (κ1) is 15.5. The molecular formula is C15H17NO4S. The highest BCUT2D eigenvalue weighted by Gasteiger charge is 2.16. The summed E-state index contributed by atoms with van der Waals surface area (Å²) in [5.41, 5.74) is 0.369. The first-order valence-electron chi connectivity index (χ1n) is 6.50. The largest absolute Gasteiger partial charge is 0.492 e. The molecule has 0 aromatic heterocycles. The lowest BCUT2D eigenvalue weighted by Gasteiger charge is -2.10. The zero-order valence-corrected chi connectivity index (χ0v) is 12.2. The van der Waals surface area contributed by atoms with Crippen molar-refractivity contribution in [3.8, 4) is 5.75 Å². The SMILES string of the molecule is O=S(=O)(NCCOc1ccccc1)c1ccccc1CO. The third-order valence-electron chi connectivity index (χ3n) is 2.84. The third-order valence-corrected chi connectivity index (χ3v) is 4.40. The predicted molar refractivity (Wildman–Crippen MR) is 79.5 cm³/mol. The molecule has 0 bridgehead atoms. The summed E-state index contributed by atoms with van der Waals surface area (Å²) in [6.07, 6.45) is 0. The minimum Gasteiger partial charge on any atom is -0.492 e. The molecule has 0 radical (unpaired) electrons. The minimum absolute atomic E-state index is 0.0900. The minimum atomic E-state index is -3.65. The van der Waals surface area contributed by atoms with Crippen LogP contribution in [0.5, 0.6) is 5.75 Å². The van der Waals surface area contributed by atoms with E-state index in [9.17, 15) is 13.5 Å². The van der Waals surface area contributed by atoms with Crippen molar-refractivity contribution in [2.75, 3.05) is 13.2 Å². The van der Waals surface area contributed by atoms with E-state index in [1.807, 2.05) is 18.2 Å². The van der Waals surface area contributed by atoms with E-state index in [1.54, 1.807) is 30.3 Å². The number of benzene rings is 2. The molecule has 5 nitrogen and oxygen atoms in total. The van der Waals surface area contributed by atoms with Gasteiger partial charge in [0.2, 0.25) is 10.0 Å². The van der Waals surface area contributed by atoms with Crippen LogP contribution in [0.15, 0.2) is 59.5 Å². The first-order chi connectivity index (χ1) is 10.1. The highest BCUT2D eigenvalue weighted by Crippen LogP contribution is 2.15. The Labute approximate surface area is 124 Å². The van der Waals surface area contributed by atoms with Crippen LogP contribution in [0.4, 0.5) is 0 Å². The fourth-order valence-electron chi connectivity index (χ4n) is 1.84. The molecule has 0 unspecified atom stereocenters. The van der Waals surface area contributed by atoms with Gasteiger partial charge in [-0.25, -0.2) is 13.1 Å². The van der Waals surface area contributed by atoms with Crippen molar-refractivity contribution in [2.24, 2.45) is 0 Å². The molecule has 0 saturated carbocycles. The number of para-hydroxylation sites is 1. The van der Waals surface area contributed by atoms with Crippen molar-refractivity contribution in [1.29, 1.82) is 0 Å². The second-order valence-electron chi connectivity index (χ2n) is 4.33. The van der Waals surface area contributed by atoms with Gasteiger partial charge in [0.15, 0.2) is 0 Å². The molecule has 0 aliphatic heterocycles. The molecule has 21 heavy (non-hydrogen) atoms. The maximum atomic E-state index is 12.1. The summed E-state index contributed by atoms with van der Waals surface area (Å²) in [5, 5.41) is 9.19. The predicted octanol–water partition coefficient (Wildman–Crippen LogP) is 1.54. The lowest BCUT2D eigenvalue weighted by atomic mass is 10.2. The van der Waals surface area contributed by atoms with Crippen molar-refractivity contribution in [1.82, 2.24) is 4.72 Å². The van der Waals surface area contributed by atoms with Crippen LogP contribution in [0, 0.1) is 0 Å². The Morgan fingerprint density at radius 1 is 1.00 bits per heavy atom. The van der Waals surface area contributed by atoms with E-state index in [0.717, 1.165) is 0 Å². The Balaban J connectivity index is 1.93. The summed E-state index contributed by atoms with van der Waals surface area (Å²) >= 11 is 0. The van der Waals surface area contributed by atoms with E-state index in [1.165, 1.54) is 6.07 Å². The third kappa shape index (κ3) is 4.29. The molecule has 0 atom stereocenters. The number of hydrogen-bond donors (Lipinski definition) is 2. The molecule has 0 aliphatic rings. The summed E-state index contributed by atoms with van der Waals surface area (Å²) in [4.78, 5) is 0.0900. The van der Waals surface area contributed by atoms with Crippen molar-refractivity contribution in [3.63, 3.8) is 0 Å². The lowest BCUT2D eigenvalue weighted by Crippen LogP contribution is -2.29. The average Bonchev–Trinajstić information content (AvgIpc) is 2.52. The lowest BCUT2D eigenvalue weighted by molar-refractivity contribution is 0.278. The molecule has 6 heteroatoms. The van der Waals surface area contributed by atoms with Crippen LogP contribution in [0.1, 0.15) is 5.56 Å². The van der Waals surface area contributed by atoms with Gasteiger partial charge in [-0.1, -0.05) is 36.4 Å². The Morgan fingerprint density at radius 2 is 1.67 bits per heavy atom. The Bertz CT molecular complexity index is 671. The van der Waals surface area contributed by atoms with Crippen molar-refractivity contribution in [2.45, 2.75) is 11.5 Å². The van der Waals surface area contributed by atoms with E-state index < -0.39 is 10.0 Å². The molecule has 2 aromatic carbocycles. The number of aliphatic hydroxyl groups is 1. The van der Waals surface area contributed by atoms with Gasteiger partial charge >= 0.3 is 0 Å². The van der Waals surface area contributed by atoms with Gasteiger partial charge in [-0.3, -0.25) is 0 Å². The van der Waals surface area contributed by atoms with Gasteiger partial charge in [-0.15, -0.1) is 0 Å². The highest BCUT2D eigenvalue weighted by atomic mass is 32.2. The monoisotopic (exact) mass is 307 g/mol. The molecule has 2 aromatic rings. The van der Waals surface area contributed by atoms with E-state index in [-0.39, 0.29) is 24.7 Å². The second-order valence-corrected chi connectivity index (χ2v) is 6.06. The fourth-order valence-corrected chi connectivity index (χ4v) is 3.08. The van der Waals surface area contributed by atoms with Gasteiger partial charge in [-0.05, 0) is 23.8 Å². The molecule has 2 rings (SSSR count). The van der Waals surface area contributed by atoms with Crippen molar-refractivity contribution in [3.05, 3.63) is 60.2 Å². The normalized spacial score (nSPS) is 11.3. The van der Waals surface area contributed by atoms with Crippen LogP contribution in [0.25, 0.3) is 0 Å². The number of nitrogens with one attached hydrogen (secondary N) is 1. The van der Waals surface area contributed by atoms with Gasteiger partial charge in [0.1, 0.15) is 12.4 Å². The van der Waals surface area contributed by atoms with Gasteiger partial charge in [0.05, 0.1) is 11.5 Å². The molecule has 0 heterocycles. The quantitative estimate of drug-likeness (QED) is 0.761. The van der Waals surface area contributed by atoms with Gasteiger partial charge in [0, 0.05) is 6.54 Å². The number of aliphatic hydroxyl groups excluding tert-OH is 1. The zero-order chi connectivity index (χ0) is 15.1. The van der Waals surface area contributed by atoms with Crippen molar-refractivity contribution >= 4 is 10.0 Å². The van der Waals surface area contributed by atoms with Crippen LogP contribution >= 0.6 is 0 Å². The van der Waals surface area contributed by atoms with Crippen LogP contribution in [0.2, 0.25) is 0 Å². The molecule has 0 amide bonds. The number of ether oxygens (including phenoxy) is 1. The van der Waals surface area contributed by atoms with E-state index in [4.69, 9.17) is 4.74 Å². The maximum absolute atomic E-state index is 12.1.